The molecule has 0 saturated carbocycles. The summed E-state index contributed by atoms with van der Waals surface area (Å²) in [6.45, 7) is 10.4. The van der Waals surface area contributed by atoms with Crippen LogP contribution in [0.4, 0.5) is 10.6 Å². The third-order valence-corrected chi connectivity index (χ3v) is 8.98. The van der Waals surface area contributed by atoms with Gasteiger partial charge in [0.05, 0.1) is 21.6 Å². The Morgan fingerprint density at radius 1 is 1.18 bits per heavy atom. The number of carbonyl (C=O) groups excluding carboxylic acids is 1. The molecule has 0 atom stereocenters. The van der Waals surface area contributed by atoms with Gasteiger partial charge in [-0.05, 0) is 51.8 Å². The van der Waals surface area contributed by atoms with Gasteiger partial charge in [0.1, 0.15) is 23.1 Å². The summed E-state index contributed by atoms with van der Waals surface area (Å²) in [5.74, 6) is 0.663. The molecule has 4 aromatic rings. The van der Waals surface area contributed by atoms with Crippen LogP contribution >= 0.6 is 22.9 Å². The number of amides is 1. The van der Waals surface area contributed by atoms with E-state index in [4.69, 9.17) is 21.3 Å². The van der Waals surface area contributed by atoms with E-state index in [0.717, 1.165) is 57.7 Å². The van der Waals surface area contributed by atoms with Crippen molar-refractivity contribution in [3.8, 4) is 27.6 Å². The maximum atomic E-state index is 12.6. The lowest BCUT2D eigenvalue weighted by molar-refractivity contribution is -0.0266. The first-order valence-corrected chi connectivity index (χ1v) is 14.6. The van der Waals surface area contributed by atoms with E-state index in [9.17, 15) is 10.1 Å². The number of anilines is 1. The van der Waals surface area contributed by atoms with Gasteiger partial charge in [0.25, 0.3) is 0 Å². The largest absolute Gasteiger partial charge is 0.444 e. The zero-order valence-corrected chi connectivity index (χ0v) is 24.6. The van der Waals surface area contributed by atoms with E-state index in [2.05, 4.69) is 28.1 Å². The third-order valence-electron chi connectivity index (χ3n) is 7.67. The molecule has 6 rings (SSSR count). The summed E-state index contributed by atoms with van der Waals surface area (Å²) in [5, 5.41) is 12.0. The van der Waals surface area contributed by atoms with Crippen molar-refractivity contribution >= 4 is 45.8 Å². The van der Waals surface area contributed by atoms with Gasteiger partial charge in [-0.2, -0.15) is 5.26 Å². The molecule has 9 heteroatoms. The number of nitriles is 1. The van der Waals surface area contributed by atoms with Gasteiger partial charge in [-0.1, -0.05) is 41.9 Å². The zero-order chi connectivity index (χ0) is 28.2. The van der Waals surface area contributed by atoms with Gasteiger partial charge in [0.15, 0.2) is 0 Å². The Labute approximate surface area is 243 Å². The highest BCUT2D eigenvalue weighted by molar-refractivity contribution is 7.13. The molecule has 0 N–H and O–H groups in total. The second-order valence-electron chi connectivity index (χ2n) is 11.8. The molecule has 2 fully saturated rings. The van der Waals surface area contributed by atoms with Crippen LogP contribution in [0.15, 0.2) is 48.0 Å². The fourth-order valence-electron chi connectivity index (χ4n) is 5.84. The number of aromatic nitrogens is 2. The number of fused-ring (bicyclic) bond motifs is 1. The number of ether oxygens (including phenoxy) is 1. The summed E-state index contributed by atoms with van der Waals surface area (Å²) < 4.78 is 5.57. The summed E-state index contributed by atoms with van der Waals surface area (Å²) in [7, 11) is 0. The van der Waals surface area contributed by atoms with Gasteiger partial charge < -0.3 is 14.5 Å². The van der Waals surface area contributed by atoms with E-state index in [1.54, 1.807) is 16.2 Å². The summed E-state index contributed by atoms with van der Waals surface area (Å²) in [6, 6.07) is 16.3. The lowest BCUT2D eigenvalue weighted by atomic mass is 9.79. The van der Waals surface area contributed by atoms with Crippen LogP contribution in [0.25, 0.3) is 32.5 Å². The van der Waals surface area contributed by atoms with Gasteiger partial charge in [-0.15, -0.1) is 11.3 Å². The van der Waals surface area contributed by atoms with E-state index in [0.29, 0.717) is 29.5 Å². The number of carbonyl (C=O) groups is 1. The van der Waals surface area contributed by atoms with Crippen molar-refractivity contribution in [3.63, 3.8) is 0 Å². The summed E-state index contributed by atoms with van der Waals surface area (Å²) >= 11 is 8.30. The predicted molar refractivity (Wildman–Crippen MR) is 160 cm³/mol. The molecule has 0 aliphatic carbocycles. The first-order valence-electron chi connectivity index (χ1n) is 13.3. The van der Waals surface area contributed by atoms with Gasteiger partial charge in [0, 0.05) is 53.1 Å². The molecule has 2 aromatic carbocycles. The molecule has 2 aromatic heterocycles. The SMILES string of the molecule is Cc1ncsc1-c1ccc2c(-c3ccccc3Cl)c(C#N)c(N3CCC4(CN(C(=O)OC(C)(C)C)C4)C3)nc2c1. The number of nitrogens with zero attached hydrogens (tertiary/aromatic N) is 5. The Kier molecular flexibility index (Phi) is 6.47. The van der Waals surface area contributed by atoms with Gasteiger partial charge in [-0.25, -0.2) is 14.8 Å². The third kappa shape index (κ3) is 4.67. The smallest absolute Gasteiger partial charge is 0.410 e. The molecule has 4 heterocycles. The van der Waals surface area contributed by atoms with Crippen LogP contribution in [0.5, 0.6) is 0 Å². The summed E-state index contributed by atoms with van der Waals surface area (Å²) in [5.41, 5.74) is 6.24. The van der Waals surface area contributed by atoms with Gasteiger partial charge in [0.2, 0.25) is 0 Å². The van der Waals surface area contributed by atoms with Crippen LogP contribution in [0, 0.1) is 23.7 Å². The maximum absolute atomic E-state index is 12.6. The van der Waals surface area contributed by atoms with Crippen molar-refractivity contribution in [2.45, 2.75) is 39.7 Å². The van der Waals surface area contributed by atoms with Crippen LogP contribution in [0.3, 0.4) is 0 Å². The number of pyridine rings is 1. The molecule has 0 unspecified atom stereocenters. The summed E-state index contributed by atoms with van der Waals surface area (Å²) in [4.78, 5) is 27.2. The Morgan fingerprint density at radius 3 is 2.62 bits per heavy atom. The number of rotatable bonds is 3. The molecular formula is C31H30ClN5O2S. The van der Waals surface area contributed by atoms with Crippen LogP contribution in [-0.2, 0) is 4.74 Å². The number of likely N-dealkylation sites (tertiary alicyclic amines) is 1. The minimum absolute atomic E-state index is 0.0353. The first kappa shape index (κ1) is 26.5. The molecule has 2 aliphatic heterocycles. The van der Waals surface area contributed by atoms with E-state index < -0.39 is 5.60 Å². The number of hydrogen-bond acceptors (Lipinski definition) is 7. The molecule has 0 radical (unpaired) electrons. The highest BCUT2D eigenvalue weighted by Gasteiger charge is 2.51. The van der Waals surface area contributed by atoms with Crippen LogP contribution in [-0.4, -0.2) is 52.7 Å². The molecule has 2 saturated heterocycles. The van der Waals surface area contributed by atoms with Crippen molar-refractivity contribution in [2.24, 2.45) is 5.41 Å². The molecule has 1 spiro atoms. The Bertz CT molecular complexity index is 1680. The van der Waals surface area contributed by atoms with E-state index >= 15 is 0 Å². The Hall–Kier alpha value is -3.67. The molecule has 0 bridgehead atoms. The van der Waals surface area contributed by atoms with Crippen molar-refractivity contribution in [2.75, 3.05) is 31.1 Å². The van der Waals surface area contributed by atoms with E-state index in [1.807, 2.05) is 63.5 Å². The fourth-order valence-corrected chi connectivity index (χ4v) is 6.88. The highest BCUT2D eigenvalue weighted by Crippen LogP contribution is 2.45. The van der Waals surface area contributed by atoms with Crippen LogP contribution in [0.2, 0.25) is 5.02 Å². The van der Waals surface area contributed by atoms with Crippen molar-refractivity contribution in [3.05, 3.63) is 64.3 Å². The Morgan fingerprint density at radius 2 is 1.95 bits per heavy atom. The van der Waals surface area contributed by atoms with Crippen molar-refractivity contribution in [1.29, 1.82) is 5.26 Å². The molecule has 7 nitrogen and oxygen atoms in total. The quantitative estimate of drug-likeness (QED) is 0.256. The minimum atomic E-state index is -0.524. The zero-order valence-electron chi connectivity index (χ0n) is 23.0. The normalized spacial score (nSPS) is 16.3. The Balaban J connectivity index is 1.41. The second kappa shape index (κ2) is 9.76. The number of hydrogen-bond donors (Lipinski definition) is 0. The molecule has 2 aliphatic rings. The molecule has 1 amide bonds. The summed E-state index contributed by atoms with van der Waals surface area (Å²) in [6.07, 6.45) is 0.642. The van der Waals surface area contributed by atoms with Gasteiger partial charge >= 0.3 is 6.09 Å². The molecule has 204 valence electrons. The standard InChI is InChI=1S/C31H30ClN5O2S/c1-19-27(40-18-34-19)20-9-10-22-25(13-20)35-28(23(14-33)26(22)21-7-5-6-8-24(21)32)36-12-11-31(15-36)16-37(17-31)29(38)39-30(2,3)4/h5-10,13,18H,11-12,15-17H2,1-4H3. The molecular weight excluding hydrogens is 542 g/mol. The predicted octanol–water partition coefficient (Wildman–Crippen LogP) is 7.31. The highest BCUT2D eigenvalue weighted by atomic mass is 35.5. The number of halogens is 1. The van der Waals surface area contributed by atoms with Crippen LogP contribution < -0.4 is 4.90 Å². The first-order chi connectivity index (χ1) is 19.1. The van der Waals surface area contributed by atoms with Crippen LogP contribution in [0.1, 0.15) is 38.4 Å². The number of benzene rings is 2. The number of thiazole rings is 1. The van der Waals surface area contributed by atoms with Crippen molar-refractivity contribution < 1.29 is 9.53 Å². The van der Waals surface area contributed by atoms with Crippen molar-refractivity contribution in [1.82, 2.24) is 14.9 Å². The maximum Gasteiger partial charge on any atom is 0.410 e. The second-order valence-corrected chi connectivity index (χ2v) is 13.0. The minimum Gasteiger partial charge on any atom is -0.444 e. The average Bonchev–Trinajstić information content (AvgIpc) is 3.53. The van der Waals surface area contributed by atoms with Gasteiger partial charge in [-0.3, -0.25) is 0 Å². The average molecular weight is 572 g/mol. The fraction of sp³-hybridized carbons (Fsp3) is 0.355. The molecule has 40 heavy (non-hydrogen) atoms. The lowest BCUT2D eigenvalue weighted by Gasteiger charge is -2.47. The van der Waals surface area contributed by atoms with E-state index in [-0.39, 0.29) is 11.5 Å². The monoisotopic (exact) mass is 571 g/mol. The topological polar surface area (TPSA) is 82.4 Å². The number of aryl methyl sites for hydroxylation is 1. The van der Waals surface area contributed by atoms with E-state index in [1.165, 1.54) is 0 Å². The lowest BCUT2D eigenvalue weighted by Crippen LogP contribution is -2.60.